The first-order valence-electron chi connectivity index (χ1n) is 22.4. The standard InChI is InChI=1S/C51H51N5O8S2/c1-31-13-20-37(21-14-31)66(63,64)55-26-25-38-42(30-57)53-41-22-19-35(29-40(41)48(38)55)34-8-3-9-36(28-34)52-45(58)12-2-6-32-15-17-33(18-16-32)7-5-27-65-44-11-4-10-39-47(44)51(62)56(50(39)61)43-23-24-46(59)54-49(43)60/h3-4,8-11,13-22,28-29,38,42-43,48,53,57H,2,5-7,12,23-27,30H2,1H3,(H,52,58)(H,54,59,60)/t38-,42+,43?,48-/m1/s1. The summed E-state index contributed by atoms with van der Waals surface area (Å²) in [6.07, 6.45) is 4.22. The van der Waals surface area contributed by atoms with Crippen molar-refractivity contribution < 1.29 is 37.5 Å². The molecule has 66 heavy (non-hydrogen) atoms. The molecular weight excluding hydrogens is 875 g/mol. The van der Waals surface area contributed by atoms with Gasteiger partial charge in [0.05, 0.1) is 34.7 Å². The number of amides is 5. The molecule has 0 aliphatic carbocycles. The summed E-state index contributed by atoms with van der Waals surface area (Å²) in [6.45, 7) is 2.17. The molecule has 0 aromatic heterocycles. The third kappa shape index (κ3) is 9.04. The molecule has 0 bridgehead atoms. The highest BCUT2D eigenvalue weighted by atomic mass is 32.2. The van der Waals surface area contributed by atoms with Crippen LogP contribution in [0.1, 0.15) is 87.5 Å². The number of fused-ring (bicyclic) bond motifs is 4. The van der Waals surface area contributed by atoms with Crippen molar-refractivity contribution in [3.05, 3.63) is 143 Å². The molecule has 340 valence electrons. The van der Waals surface area contributed by atoms with E-state index in [0.717, 1.165) is 57.7 Å². The fraction of sp³-hybridized carbons (Fsp3) is 0.314. The highest BCUT2D eigenvalue weighted by Gasteiger charge is 2.49. The number of hydrogen-bond donors (Lipinski definition) is 4. The maximum atomic E-state index is 14.0. The molecule has 4 aliphatic heterocycles. The Kier molecular flexibility index (Phi) is 13.0. The number of benzene rings is 5. The molecule has 9 rings (SSSR count). The van der Waals surface area contributed by atoms with E-state index in [4.69, 9.17) is 0 Å². The summed E-state index contributed by atoms with van der Waals surface area (Å²) in [7, 11) is -3.80. The third-order valence-corrected chi connectivity index (χ3v) is 16.2. The SMILES string of the molecule is Cc1ccc(S(=O)(=O)N2CC[C@@H]3[C@H](CO)Nc4ccc(-c5cccc(NC(=O)CCCc6ccc(CCCSc7cccc8c7C(=O)N(C7CCC(=O)NC7=O)C8=O)cc6)c5)cc4[C@@H]32)cc1. The van der Waals surface area contributed by atoms with Crippen LogP contribution in [0, 0.1) is 12.8 Å². The molecule has 0 saturated carbocycles. The van der Waals surface area contributed by atoms with Gasteiger partial charge in [0.25, 0.3) is 11.8 Å². The summed E-state index contributed by atoms with van der Waals surface area (Å²) in [5.74, 6) is -1.52. The maximum Gasteiger partial charge on any atom is 0.263 e. The Balaban J connectivity index is 0.763. The Labute approximate surface area is 388 Å². The van der Waals surface area contributed by atoms with Gasteiger partial charge in [0.1, 0.15) is 6.04 Å². The predicted molar refractivity (Wildman–Crippen MR) is 252 cm³/mol. The maximum absolute atomic E-state index is 14.0. The second-order valence-corrected chi connectivity index (χ2v) is 20.5. The molecule has 5 aromatic rings. The molecule has 2 fully saturated rings. The lowest BCUT2D eigenvalue weighted by atomic mass is 9.82. The van der Waals surface area contributed by atoms with E-state index in [-0.39, 0.29) is 47.8 Å². The van der Waals surface area contributed by atoms with Crippen molar-refractivity contribution in [3.8, 4) is 11.1 Å². The van der Waals surface area contributed by atoms with Crippen molar-refractivity contribution in [2.24, 2.45) is 5.92 Å². The van der Waals surface area contributed by atoms with Crippen molar-refractivity contribution >= 4 is 62.7 Å². The average molecular weight is 926 g/mol. The van der Waals surface area contributed by atoms with Gasteiger partial charge < -0.3 is 15.7 Å². The molecule has 0 spiro atoms. The fourth-order valence-electron chi connectivity index (χ4n) is 9.70. The Hall–Kier alpha value is -6.13. The van der Waals surface area contributed by atoms with Gasteiger partial charge in [0.15, 0.2) is 0 Å². The Morgan fingerprint density at radius 1 is 0.833 bits per heavy atom. The summed E-state index contributed by atoms with van der Waals surface area (Å²) in [5, 5.41) is 19.0. The number of anilines is 2. The van der Waals surface area contributed by atoms with Crippen LogP contribution in [0.25, 0.3) is 11.1 Å². The van der Waals surface area contributed by atoms with Gasteiger partial charge in [-0.15, -0.1) is 11.8 Å². The lowest BCUT2D eigenvalue weighted by Crippen LogP contribution is -2.54. The number of hydrogen-bond acceptors (Lipinski definition) is 10. The van der Waals surface area contributed by atoms with Crippen molar-refractivity contribution in [2.45, 2.75) is 86.2 Å². The zero-order valence-corrected chi connectivity index (χ0v) is 38.1. The zero-order valence-electron chi connectivity index (χ0n) is 36.5. The number of nitrogens with one attached hydrogen (secondary N) is 3. The van der Waals surface area contributed by atoms with E-state index in [2.05, 4.69) is 40.2 Å². The van der Waals surface area contributed by atoms with Crippen molar-refractivity contribution in [1.82, 2.24) is 14.5 Å². The van der Waals surface area contributed by atoms with Gasteiger partial charge in [-0.05, 0) is 128 Å². The average Bonchev–Trinajstić information content (AvgIpc) is 3.88. The number of thioether (sulfide) groups is 1. The highest BCUT2D eigenvalue weighted by Crippen LogP contribution is 2.49. The normalized spacial score (nSPS) is 20.4. The Morgan fingerprint density at radius 3 is 2.30 bits per heavy atom. The summed E-state index contributed by atoms with van der Waals surface area (Å²) in [4.78, 5) is 65.8. The number of aliphatic hydroxyl groups excluding tert-OH is 1. The van der Waals surface area contributed by atoms with Crippen molar-refractivity contribution in [3.63, 3.8) is 0 Å². The Bertz CT molecular complexity index is 2830. The molecule has 1 unspecified atom stereocenters. The minimum atomic E-state index is -3.80. The number of carbonyl (C=O) groups excluding carboxylic acids is 5. The molecule has 5 amide bonds. The molecule has 2 saturated heterocycles. The first kappa shape index (κ1) is 45.0. The van der Waals surface area contributed by atoms with Crippen LogP contribution in [0.2, 0.25) is 0 Å². The minimum Gasteiger partial charge on any atom is -0.394 e. The van der Waals surface area contributed by atoms with E-state index in [1.807, 2.05) is 67.6 Å². The van der Waals surface area contributed by atoms with Gasteiger partial charge in [-0.3, -0.25) is 34.2 Å². The molecule has 13 nitrogen and oxygen atoms in total. The van der Waals surface area contributed by atoms with Gasteiger partial charge in [-0.2, -0.15) is 4.31 Å². The van der Waals surface area contributed by atoms with E-state index in [9.17, 15) is 37.5 Å². The first-order chi connectivity index (χ1) is 31.9. The van der Waals surface area contributed by atoms with Crippen LogP contribution in [0.15, 0.2) is 119 Å². The van der Waals surface area contributed by atoms with E-state index in [0.29, 0.717) is 47.7 Å². The number of piperidine rings is 1. The zero-order chi connectivity index (χ0) is 46.1. The smallest absolute Gasteiger partial charge is 0.263 e. The van der Waals surface area contributed by atoms with Gasteiger partial charge >= 0.3 is 0 Å². The number of sulfonamides is 1. The number of aliphatic hydroxyl groups is 1. The number of imide groups is 2. The van der Waals surface area contributed by atoms with Crippen LogP contribution in [0.3, 0.4) is 0 Å². The molecular formula is C51H51N5O8S2. The number of rotatable bonds is 15. The lowest BCUT2D eigenvalue weighted by Gasteiger charge is -2.39. The molecule has 4 N–H and O–H groups in total. The van der Waals surface area contributed by atoms with Crippen molar-refractivity contribution in [1.29, 1.82) is 0 Å². The number of nitrogens with zero attached hydrogens (tertiary/aromatic N) is 2. The van der Waals surface area contributed by atoms with Crippen LogP contribution >= 0.6 is 11.8 Å². The Morgan fingerprint density at radius 2 is 1.56 bits per heavy atom. The van der Waals surface area contributed by atoms with Gasteiger partial charge in [0.2, 0.25) is 27.7 Å². The minimum absolute atomic E-state index is 0.0728. The van der Waals surface area contributed by atoms with Gasteiger partial charge in [-0.1, -0.05) is 66.2 Å². The number of carbonyl (C=O) groups is 5. The van der Waals surface area contributed by atoms with Crippen LogP contribution in [0.4, 0.5) is 11.4 Å². The third-order valence-electron chi connectivity index (χ3n) is 13.1. The molecule has 4 heterocycles. The fourth-order valence-corrected chi connectivity index (χ4v) is 12.4. The molecule has 5 aromatic carbocycles. The largest absolute Gasteiger partial charge is 0.394 e. The lowest BCUT2D eigenvalue weighted by molar-refractivity contribution is -0.136. The van der Waals surface area contributed by atoms with Gasteiger partial charge in [-0.25, -0.2) is 8.42 Å². The van der Waals surface area contributed by atoms with E-state index >= 15 is 0 Å². The molecule has 15 heteroatoms. The predicted octanol–water partition coefficient (Wildman–Crippen LogP) is 7.29. The molecule has 0 radical (unpaired) electrons. The molecule has 4 aliphatic rings. The summed E-state index contributed by atoms with van der Waals surface area (Å²) < 4.78 is 29.6. The van der Waals surface area contributed by atoms with E-state index < -0.39 is 45.7 Å². The summed E-state index contributed by atoms with van der Waals surface area (Å²) >= 11 is 1.51. The van der Waals surface area contributed by atoms with Crippen LogP contribution in [-0.2, 0) is 37.2 Å². The van der Waals surface area contributed by atoms with Crippen LogP contribution < -0.4 is 16.0 Å². The monoisotopic (exact) mass is 925 g/mol. The van der Waals surface area contributed by atoms with Gasteiger partial charge in [0, 0.05) is 41.6 Å². The topological polar surface area (TPSA) is 182 Å². The second kappa shape index (κ2) is 19.0. The molecule has 4 atom stereocenters. The first-order valence-corrected chi connectivity index (χ1v) is 24.9. The second-order valence-electron chi connectivity index (χ2n) is 17.4. The van der Waals surface area contributed by atoms with E-state index in [1.165, 1.54) is 17.3 Å². The van der Waals surface area contributed by atoms with Crippen molar-refractivity contribution in [2.75, 3.05) is 29.5 Å². The van der Waals surface area contributed by atoms with E-state index in [1.54, 1.807) is 28.6 Å². The number of aryl methyl sites for hydroxylation is 3. The van der Waals surface area contributed by atoms with Crippen LogP contribution in [0.5, 0.6) is 0 Å². The quantitative estimate of drug-likeness (QED) is 0.0473. The summed E-state index contributed by atoms with van der Waals surface area (Å²) in [6, 6.07) is 32.4. The summed E-state index contributed by atoms with van der Waals surface area (Å²) in [5.41, 5.74) is 7.99. The highest BCUT2D eigenvalue weighted by molar-refractivity contribution is 7.99. The van der Waals surface area contributed by atoms with Crippen LogP contribution in [-0.4, -0.2) is 83.3 Å².